The maximum Gasteiger partial charge on any atom is 0.229 e. The normalized spacial score (nSPS) is 30.4. The van der Waals surface area contributed by atoms with E-state index >= 15 is 0 Å². The van der Waals surface area contributed by atoms with Gasteiger partial charge in [0.2, 0.25) is 29.5 Å². The topological polar surface area (TPSA) is 157 Å². The van der Waals surface area contributed by atoms with Crippen LogP contribution in [0.5, 0.6) is 0 Å². The maximum absolute atomic E-state index is 13.6. The summed E-state index contributed by atoms with van der Waals surface area (Å²) in [5.74, 6) is 12.1. The van der Waals surface area contributed by atoms with E-state index in [1.165, 1.54) is 64.2 Å². The second-order valence-corrected chi connectivity index (χ2v) is 40.2. The molecule has 5 amide bonds. The molecular formula is C93H169N5O11. The van der Waals surface area contributed by atoms with Crippen molar-refractivity contribution >= 4 is 29.5 Å². The molecule has 9 saturated heterocycles. The Morgan fingerprint density at radius 3 is 1.03 bits per heavy atom. The fourth-order valence-electron chi connectivity index (χ4n) is 23.2. The fraction of sp³-hybridized carbons (Fsp3) is 0.946. The molecule has 11 rings (SSSR count). The quantitative estimate of drug-likeness (QED) is 0.0959. The Bertz CT molecular complexity index is 2670. The van der Waals surface area contributed by atoms with Gasteiger partial charge in [0, 0.05) is 158 Å². The zero-order chi connectivity index (χ0) is 80.4. The lowest BCUT2D eigenvalue weighted by Crippen LogP contribution is -2.50. The summed E-state index contributed by atoms with van der Waals surface area (Å²) in [6, 6.07) is 3.58. The van der Waals surface area contributed by atoms with Crippen LogP contribution in [0.3, 0.4) is 0 Å². The summed E-state index contributed by atoms with van der Waals surface area (Å²) in [5, 5.41) is 0. The fourth-order valence-corrected chi connectivity index (χ4v) is 23.2. The van der Waals surface area contributed by atoms with E-state index in [1.807, 2.05) is 6.92 Å². The Kier molecular flexibility index (Phi) is 38.0. The van der Waals surface area contributed by atoms with Crippen molar-refractivity contribution in [2.24, 2.45) is 136 Å². The molecule has 109 heavy (non-hydrogen) atoms. The molecule has 9 heterocycles. The monoisotopic (exact) mass is 1530 g/mol. The van der Waals surface area contributed by atoms with Gasteiger partial charge in [-0.05, 0) is 230 Å². The number of hydrogen-bond donors (Lipinski definition) is 0. The van der Waals surface area contributed by atoms with Gasteiger partial charge in [0.15, 0.2) is 0 Å². The van der Waals surface area contributed by atoms with Crippen LogP contribution in [0.4, 0.5) is 0 Å². The molecule has 2 saturated carbocycles. The summed E-state index contributed by atoms with van der Waals surface area (Å²) < 4.78 is 32.9. The van der Waals surface area contributed by atoms with E-state index in [0.29, 0.717) is 173 Å². The largest absolute Gasteiger partial charge is 0.384 e. The molecule has 0 spiro atoms. The number of likely N-dealkylation sites (tertiary alicyclic amines) is 5. The highest BCUT2D eigenvalue weighted by Gasteiger charge is 2.52. The summed E-state index contributed by atoms with van der Waals surface area (Å²) >= 11 is 0. The first-order valence-corrected chi connectivity index (χ1v) is 45.6. The second kappa shape index (κ2) is 44.4. The molecule has 11 aliphatic rings. The van der Waals surface area contributed by atoms with Gasteiger partial charge in [-0.1, -0.05) is 158 Å². The number of nitrogens with zero attached hydrogens (tertiary/aromatic N) is 5. The van der Waals surface area contributed by atoms with E-state index in [2.05, 4.69) is 177 Å². The third-order valence-electron chi connectivity index (χ3n) is 29.0. The van der Waals surface area contributed by atoms with E-state index in [-0.39, 0.29) is 35.7 Å². The first-order chi connectivity index (χ1) is 51.7. The number of rotatable bonds is 23. The Hall–Kier alpha value is -2.89. The zero-order valence-electron chi connectivity index (χ0n) is 74.6. The highest BCUT2D eigenvalue weighted by molar-refractivity contribution is 5.83. The lowest BCUT2D eigenvalue weighted by Gasteiger charge is -2.40. The molecule has 16 heteroatoms. The number of carbonyl (C=O) groups is 5. The first-order valence-electron chi connectivity index (χ1n) is 45.6. The van der Waals surface area contributed by atoms with Crippen molar-refractivity contribution < 1.29 is 52.4 Å². The molecule has 0 bridgehead atoms. The average Bonchev–Trinajstić information content (AvgIpc) is 1.32. The van der Waals surface area contributed by atoms with Crippen LogP contribution < -0.4 is 0 Å². The van der Waals surface area contributed by atoms with Crippen LogP contribution in [0.2, 0.25) is 0 Å². The molecule has 18 atom stereocenters. The van der Waals surface area contributed by atoms with Gasteiger partial charge in [0.05, 0.1) is 18.6 Å². The van der Waals surface area contributed by atoms with Gasteiger partial charge in [-0.2, -0.15) is 0 Å². The van der Waals surface area contributed by atoms with Gasteiger partial charge in [-0.15, -0.1) is 0 Å². The second-order valence-electron chi connectivity index (χ2n) is 40.2. The number of carbonyl (C=O) groups excluding carboxylic acids is 5. The minimum Gasteiger partial charge on any atom is -0.384 e. The molecule has 632 valence electrons. The average molecular weight is 1530 g/mol. The highest BCUT2D eigenvalue weighted by Crippen LogP contribution is 2.48. The van der Waals surface area contributed by atoms with Crippen molar-refractivity contribution in [1.29, 1.82) is 0 Å². The first kappa shape index (κ1) is 93.3. The van der Waals surface area contributed by atoms with Crippen LogP contribution in [0.25, 0.3) is 0 Å². The summed E-state index contributed by atoms with van der Waals surface area (Å²) in [6.07, 6.45) is 23.0. The van der Waals surface area contributed by atoms with E-state index in [4.69, 9.17) is 28.4 Å². The van der Waals surface area contributed by atoms with Crippen LogP contribution in [-0.4, -0.2) is 195 Å². The van der Waals surface area contributed by atoms with E-state index < -0.39 is 0 Å². The molecule has 11 fully saturated rings. The minimum atomic E-state index is -0.0180. The lowest BCUT2D eigenvalue weighted by atomic mass is 9.77. The van der Waals surface area contributed by atoms with Crippen molar-refractivity contribution in [1.82, 2.24) is 24.5 Å². The zero-order valence-corrected chi connectivity index (χ0v) is 74.6. The van der Waals surface area contributed by atoms with Gasteiger partial charge >= 0.3 is 0 Å². The smallest absolute Gasteiger partial charge is 0.229 e. The van der Waals surface area contributed by atoms with Crippen LogP contribution in [0, 0.1) is 136 Å². The van der Waals surface area contributed by atoms with Crippen LogP contribution in [0.15, 0.2) is 0 Å². The summed E-state index contributed by atoms with van der Waals surface area (Å²) in [7, 11) is 3.48. The number of amides is 5. The third kappa shape index (κ3) is 24.2. The number of methoxy groups -OCH3 is 2. The van der Waals surface area contributed by atoms with Crippen LogP contribution >= 0.6 is 0 Å². The Balaban J connectivity index is 0.000000190. The van der Waals surface area contributed by atoms with Crippen molar-refractivity contribution in [2.45, 2.75) is 342 Å². The number of hydrogen-bond acceptors (Lipinski definition) is 11. The molecule has 0 aromatic heterocycles. The van der Waals surface area contributed by atoms with E-state index in [9.17, 15) is 24.0 Å². The molecule has 2 aliphatic carbocycles. The molecule has 13 unspecified atom stereocenters. The SMILES string of the molecule is CC(C)C(C(=O)N1C(C)CC[C@H]1C(C)C)C1CCOCC1.CC(C)C(C(=O)N1C2CCCC2C[C@H]1C(C)C)C1CCOCC1.CC1C[C@@H](C(C)C)N(C(=O)C(C(C)C)C2CCOCC2)C1.COC(C)C(C(=O)N1C2CCCC2C[C@H]1C(C)C)C(C)C.COCC1C[C@@H](C(C)C)N(C(=O)C(C(C)C)C2CCOCC2)C1. The van der Waals surface area contributed by atoms with Gasteiger partial charge in [0.1, 0.15) is 0 Å². The van der Waals surface area contributed by atoms with Crippen molar-refractivity contribution in [3.05, 3.63) is 0 Å². The van der Waals surface area contributed by atoms with Crippen molar-refractivity contribution in [2.75, 3.05) is 86.8 Å². The van der Waals surface area contributed by atoms with Gasteiger partial charge < -0.3 is 52.9 Å². The maximum atomic E-state index is 13.6. The number of fused-ring (bicyclic) bond motifs is 2. The third-order valence-corrected chi connectivity index (χ3v) is 29.0. The highest BCUT2D eigenvalue weighted by atomic mass is 16.5. The minimum absolute atomic E-state index is 0.00855. The molecule has 0 radical (unpaired) electrons. The summed E-state index contributed by atoms with van der Waals surface area (Å²) in [4.78, 5) is 78.1. The molecule has 9 aliphatic heterocycles. The molecule has 16 nitrogen and oxygen atoms in total. The summed E-state index contributed by atoms with van der Waals surface area (Å²) in [6.45, 7) is 60.3. The predicted molar refractivity (Wildman–Crippen MR) is 443 cm³/mol. The van der Waals surface area contributed by atoms with Gasteiger partial charge in [-0.3, -0.25) is 24.0 Å². The Labute approximate surface area is 668 Å². The lowest BCUT2D eigenvalue weighted by molar-refractivity contribution is -0.146. The van der Waals surface area contributed by atoms with Crippen molar-refractivity contribution in [3.8, 4) is 0 Å². The molecule has 0 aromatic carbocycles. The van der Waals surface area contributed by atoms with Crippen LogP contribution in [0.1, 0.15) is 288 Å². The van der Waals surface area contributed by atoms with Gasteiger partial charge in [0.25, 0.3) is 0 Å². The standard InChI is InChI=1S/C20H35NO2.C19H35NO3.3C18H33NO2/c1-13(2)18-12-16-6-5-7-17(16)21(18)20(22)19(14(3)4)15-8-10-23-11-9-15;1-13(2)17-10-15(12-22-5)11-20(17)19(21)18(14(3)4)16-6-8-23-9-7-16;1-11(2)16-10-14-8-7-9-15(14)19(16)18(20)17(12(3)4)13(5)21-6;1-12(2)16-10-14(5)11-19(16)18(20)17(13(3)4)15-6-8-21-9-7-15;1-12(2)16-7-6-14(5)19(16)18(20)17(13(3)4)15-8-10-21-11-9-15/h13-19H,5-12H2,1-4H3;13-18H,6-12H2,1-5H3;11-17H,7-10H2,1-6H3;2*12-17H,6-11H2,1-5H3/t16?,17?,18-,19?;15?,17-,18?;13?,14?,15?,16-,17?;2*14?,16-,17?/m00000/s1. The molecule has 0 N–H and O–H groups in total. The summed E-state index contributed by atoms with van der Waals surface area (Å²) in [5.41, 5.74) is 0. The Morgan fingerprint density at radius 2 is 0.688 bits per heavy atom. The van der Waals surface area contributed by atoms with E-state index in [1.54, 1.807) is 14.2 Å². The van der Waals surface area contributed by atoms with E-state index in [0.717, 1.165) is 149 Å². The molecular weight excluding hydrogens is 1360 g/mol. The number of ether oxygens (including phenoxy) is 6. The Morgan fingerprint density at radius 1 is 0.349 bits per heavy atom. The predicted octanol–water partition coefficient (Wildman–Crippen LogP) is 18.3. The van der Waals surface area contributed by atoms with Crippen LogP contribution in [-0.2, 0) is 52.4 Å². The molecule has 0 aromatic rings. The van der Waals surface area contributed by atoms with Crippen molar-refractivity contribution in [3.63, 3.8) is 0 Å². The van der Waals surface area contributed by atoms with Gasteiger partial charge in [-0.25, -0.2) is 0 Å².